The van der Waals surface area contributed by atoms with E-state index in [1.807, 2.05) is 6.92 Å². The molecule has 0 radical (unpaired) electrons. The smallest absolute Gasteiger partial charge is 0.321 e. The number of nitrogens with one attached hydrogen (secondary N) is 3. The van der Waals surface area contributed by atoms with Crippen molar-refractivity contribution in [2.75, 3.05) is 26.7 Å². The number of piperidine rings is 1. The maximum Gasteiger partial charge on any atom is 0.321 e. The summed E-state index contributed by atoms with van der Waals surface area (Å²) in [5.74, 6) is 0.376. The molecule has 0 aromatic heterocycles. The van der Waals surface area contributed by atoms with Gasteiger partial charge >= 0.3 is 6.03 Å². The minimum atomic E-state index is -0.451. The fourth-order valence-corrected chi connectivity index (χ4v) is 2.61. The summed E-state index contributed by atoms with van der Waals surface area (Å²) < 4.78 is 0. The van der Waals surface area contributed by atoms with Gasteiger partial charge in [0, 0.05) is 19.6 Å². The number of hydrogen-bond acceptors (Lipinski definition) is 4. The normalized spacial score (nSPS) is 18.1. The van der Waals surface area contributed by atoms with Crippen LogP contribution in [0.2, 0.25) is 0 Å². The largest absolute Gasteiger partial charge is 0.341 e. The predicted octanol–water partition coefficient (Wildman–Crippen LogP) is 0.541. The summed E-state index contributed by atoms with van der Waals surface area (Å²) in [5, 5.41) is 8.11. The van der Waals surface area contributed by atoms with Gasteiger partial charge in [0.15, 0.2) is 0 Å². The van der Waals surface area contributed by atoms with Crippen molar-refractivity contribution in [2.24, 2.45) is 5.92 Å². The van der Waals surface area contributed by atoms with E-state index in [0.717, 1.165) is 32.5 Å². The zero-order valence-electron chi connectivity index (χ0n) is 13.0. The standard InChI is InChI=1S/C14H28N4O2/c1-10(2)18(9-12-5-7-16-8-6-12)11(3)13(19)17-14(20)15-4/h10-12,16H,5-9H2,1-4H3,(H2,15,17,19,20). The summed E-state index contributed by atoms with van der Waals surface area (Å²) >= 11 is 0. The van der Waals surface area contributed by atoms with Gasteiger partial charge in [-0.25, -0.2) is 4.79 Å². The maximum absolute atomic E-state index is 12.1. The lowest BCUT2D eigenvalue weighted by molar-refractivity contribution is -0.125. The molecule has 0 aromatic rings. The average molecular weight is 284 g/mol. The number of amides is 3. The fraction of sp³-hybridized carbons (Fsp3) is 0.857. The molecule has 0 aliphatic carbocycles. The highest BCUT2D eigenvalue weighted by Gasteiger charge is 2.27. The van der Waals surface area contributed by atoms with Crippen LogP contribution in [-0.4, -0.2) is 55.6 Å². The Balaban J connectivity index is 2.59. The highest BCUT2D eigenvalue weighted by Crippen LogP contribution is 2.17. The van der Waals surface area contributed by atoms with Crippen molar-refractivity contribution in [3.05, 3.63) is 0 Å². The Labute approximate surface area is 121 Å². The van der Waals surface area contributed by atoms with Gasteiger partial charge in [-0.15, -0.1) is 0 Å². The molecule has 1 unspecified atom stereocenters. The molecule has 0 aromatic carbocycles. The van der Waals surface area contributed by atoms with Gasteiger partial charge < -0.3 is 10.6 Å². The number of carbonyl (C=O) groups is 2. The van der Waals surface area contributed by atoms with Gasteiger partial charge in [0.05, 0.1) is 6.04 Å². The summed E-state index contributed by atoms with van der Waals surface area (Å²) in [5.41, 5.74) is 0. The van der Waals surface area contributed by atoms with Crippen molar-refractivity contribution >= 4 is 11.9 Å². The number of hydrogen-bond donors (Lipinski definition) is 3. The number of nitrogens with zero attached hydrogens (tertiary/aromatic N) is 1. The summed E-state index contributed by atoms with van der Waals surface area (Å²) in [6, 6.07) is -0.482. The Morgan fingerprint density at radius 2 is 1.85 bits per heavy atom. The minimum Gasteiger partial charge on any atom is -0.341 e. The lowest BCUT2D eigenvalue weighted by Gasteiger charge is -2.36. The second-order valence-electron chi connectivity index (χ2n) is 5.73. The van der Waals surface area contributed by atoms with Crippen molar-refractivity contribution in [1.82, 2.24) is 20.9 Å². The van der Waals surface area contributed by atoms with Crippen LogP contribution in [0.15, 0.2) is 0 Å². The quantitative estimate of drug-likeness (QED) is 0.689. The Morgan fingerprint density at radius 3 is 2.35 bits per heavy atom. The van der Waals surface area contributed by atoms with Gasteiger partial charge in [-0.3, -0.25) is 15.0 Å². The van der Waals surface area contributed by atoms with Crippen molar-refractivity contribution in [3.63, 3.8) is 0 Å². The first-order chi connectivity index (χ1) is 9.45. The zero-order chi connectivity index (χ0) is 15.1. The van der Waals surface area contributed by atoms with Crippen LogP contribution in [0.4, 0.5) is 4.79 Å². The average Bonchev–Trinajstić information content (AvgIpc) is 2.44. The molecule has 116 valence electrons. The zero-order valence-corrected chi connectivity index (χ0v) is 13.0. The molecule has 1 aliphatic heterocycles. The van der Waals surface area contributed by atoms with Crippen LogP contribution in [0.5, 0.6) is 0 Å². The van der Waals surface area contributed by atoms with Gasteiger partial charge in [0.25, 0.3) is 0 Å². The number of imide groups is 1. The van der Waals surface area contributed by atoms with E-state index in [1.165, 1.54) is 7.05 Å². The molecule has 1 aliphatic rings. The molecule has 0 saturated carbocycles. The highest BCUT2D eigenvalue weighted by atomic mass is 16.2. The summed E-state index contributed by atoms with van der Waals surface area (Å²) in [6.45, 7) is 9.04. The van der Waals surface area contributed by atoms with Gasteiger partial charge in [-0.05, 0) is 52.6 Å². The maximum atomic E-state index is 12.1. The van der Waals surface area contributed by atoms with Gasteiger partial charge in [0.2, 0.25) is 5.91 Å². The lowest BCUT2D eigenvalue weighted by Crippen LogP contribution is -2.52. The Hall–Kier alpha value is -1.14. The van der Waals surface area contributed by atoms with E-state index >= 15 is 0 Å². The summed E-state index contributed by atoms with van der Waals surface area (Å²) in [6.07, 6.45) is 2.29. The van der Waals surface area contributed by atoms with Gasteiger partial charge in [-0.1, -0.05) is 0 Å². The highest BCUT2D eigenvalue weighted by molar-refractivity contribution is 5.96. The monoisotopic (exact) mass is 284 g/mol. The third-order valence-electron chi connectivity index (χ3n) is 3.93. The van der Waals surface area contributed by atoms with E-state index in [1.54, 1.807) is 0 Å². The molecule has 1 atom stereocenters. The van der Waals surface area contributed by atoms with E-state index in [4.69, 9.17) is 0 Å². The van der Waals surface area contributed by atoms with Gasteiger partial charge in [-0.2, -0.15) is 0 Å². The Kier molecular flexibility index (Phi) is 6.95. The van der Waals surface area contributed by atoms with Crippen molar-refractivity contribution in [2.45, 2.75) is 45.7 Å². The topological polar surface area (TPSA) is 73.5 Å². The molecule has 1 saturated heterocycles. The second kappa shape index (κ2) is 8.21. The van der Waals surface area contributed by atoms with Crippen molar-refractivity contribution < 1.29 is 9.59 Å². The third kappa shape index (κ3) is 5.09. The molecular formula is C14H28N4O2. The van der Waals surface area contributed by atoms with E-state index in [2.05, 4.69) is 34.7 Å². The van der Waals surface area contributed by atoms with Gasteiger partial charge in [0.1, 0.15) is 0 Å². The Morgan fingerprint density at radius 1 is 1.25 bits per heavy atom. The first-order valence-electron chi connectivity index (χ1n) is 7.44. The molecule has 20 heavy (non-hydrogen) atoms. The van der Waals surface area contributed by atoms with Crippen molar-refractivity contribution in [1.29, 1.82) is 0 Å². The molecule has 3 amide bonds. The van der Waals surface area contributed by atoms with Crippen LogP contribution >= 0.6 is 0 Å². The first kappa shape index (κ1) is 16.9. The molecule has 3 N–H and O–H groups in total. The van der Waals surface area contributed by atoms with Crippen LogP contribution in [-0.2, 0) is 4.79 Å². The second-order valence-corrected chi connectivity index (χ2v) is 5.73. The van der Waals surface area contributed by atoms with Crippen LogP contribution in [0.25, 0.3) is 0 Å². The summed E-state index contributed by atoms with van der Waals surface area (Å²) in [4.78, 5) is 25.5. The van der Waals surface area contributed by atoms with Crippen LogP contribution in [0.1, 0.15) is 33.6 Å². The van der Waals surface area contributed by atoms with E-state index < -0.39 is 6.03 Å². The summed E-state index contributed by atoms with van der Waals surface area (Å²) in [7, 11) is 1.50. The lowest BCUT2D eigenvalue weighted by atomic mass is 9.96. The molecule has 6 heteroatoms. The fourth-order valence-electron chi connectivity index (χ4n) is 2.61. The van der Waals surface area contributed by atoms with E-state index in [-0.39, 0.29) is 18.0 Å². The number of urea groups is 1. The molecule has 1 fully saturated rings. The van der Waals surface area contributed by atoms with Crippen LogP contribution in [0.3, 0.4) is 0 Å². The van der Waals surface area contributed by atoms with E-state index in [0.29, 0.717) is 5.92 Å². The molecule has 1 rings (SSSR count). The van der Waals surface area contributed by atoms with Crippen LogP contribution < -0.4 is 16.0 Å². The molecule has 0 spiro atoms. The van der Waals surface area contributed by atoms with Crippen molar-refractivity contribution in [3.8, 4) is 0 Å². The third-order valence-corrected chi connectivity index (χ3v) is 3.93. The molecular weight excluding hydrogens is 256 g/mol. The molecule has 6 nitrogen and oxygen atoms in total. The van der Waals surface area contributed by atoms with Crippen LogP contribution in [0, 0.1) is 5.92 Å². The van der Waals surface area contributed by atoms with E-state index in [9.17, 15) is 9.59 Å². The number of rotatable bonds is 5. The molecule has 0 bridgehead atoms. The first-order valence-corrected chi connectivity index (χ1v) is 7.44. The predicted molar refractivity (Wildman–Crippen MR) is 79.5 cm³/mol. The SMILES string of the molecule is CNC(=O)NC(=O)C(C)N(CC1CCNCC1)C(C)C. The number of carbonyl (C=O) groups excluding carboxylic acids is 2. The Bertz CT molecular complexity index is 327. The minimum absolute atomic E-state index is 0.244. The molecule has 1 heterocycles.